The van der Waals surface area contributed by atoms with E-state index in [0.717, 1.165) is 87.2 Å². The van der Waals surface area contributed by atoms with Gasteiger partial charge in [-0.15, -0.1) is 0 Å². The number of phenolic OH excluding ortho intramolecular Hbond substituents is 2. The Labute approximate surface area is 419 Å². The number of benzene rings is 2. The van der Waals surface area contributed by atoms with Gasteiger partial charge in [0.1, 0.15) is 0 Å². The standard InChI is InChI=1S/C38H52N6O8.C12H16N2O6/c1-25(39-23-45)37(49)51-35-31(47)21-29(43-17-11-7-12-18-43)27(33(35)41(3)4)15-9-10-16-28-30(44-19-13-8-14-20-44)22-32(48)36(34(28)42(5)6)52-38(50)26(2)40-24-46;1-11(9(17)18,13-7-15)5-3-4-6-12(2,10(19)20)14-8-16/h21-22,25-26,47-48H,7-20H2,1-6H3;3-6H2,1-2H3,(H,17,18)(H,19,20)/t25-,26-;11-,12-/m00/s1. The quantitative estimate of drug-likeness (QED) is 0.0311. The van der Waals surface area contributed by atoms with Crippen LogP contribution in [0, 0.1) is 0 Å². The summed E-state index contributed by atoms with van der Waals surface area (Å²) in [5, 5.41) is 40.4. The third kappa shape index (κ3) is 15.8. The first-order valence-corrected chi connectivity index (χ1v) is 24.0. The first-order chi connectivity index (χ1) is 34.1. The fourth-order valence-electron chi connectivity index (χ4n) is 8.60. The molecule has 0 unspecified atom stereocenters. The minimum absolute atomic E-state index is 0.0131. The second kappa shape index (κ2) is 27.9. The van der Waals surface area contributed by atoms with Crippen molar-refractivity contribution < 1.29 is 68.3 Å². The van der Waals surface area contributed by atoms with Crippen LogP contribution < -0.4 is 29.1 Å². The van der Waals surface area contributed by atoms with Gasteiger partial charge in [0.05, 0.1) is 11.4 Å². The first kappa shape index (κ1) is 59.0. The van der Waals surface area contributed by atoms with E-state index in [1.165, 1.54) is 52.0 Å². The number of aromatic hydroxyl groups is 2. The van der Waals surface area contributed by atoms with Crippen LogP contribution in [-0.2, 0) is 51.2 Å². The number of carbonyl (C=O) groups excluding carboxylic acids is 6. The number of aliphatic imine (C=N–C) groups is 4. The van der Waals surface area contributed by atoms with E-state index in [-0.39, 0.29) is 35.8 Å². The van der Waals surface area contributed by atoms with Gasteiger partial charge in [-0.2, -0.15) is 20.0 Å². The number of unbranched alkanes of at least 4 members (excludes halogenated alkanes) is 2. The number of phenols is 2. The third-order valence-electron chi connectivity index (χ3n) is 12.7. The number of piperidine rings is 2. The lowest BCUT2D eigenvalue weighted by atomic mass is 9.91. The van der Waals surface area contributed by atoms with Gasteiger partial charge >= 0.3 is 23.9 Å². The van der Waals surface area contributed by atoms with E-state index < -0.39 is 47.0 Å². The van der Waals surface area contributed by atoms with Crippen LogP contribution in [0.5, 0.6) is 23.0 Å². The van der Waals surface area contributed by atoms with Crippen molar-refractivity contribution in [2.45, 2.75) is 141 Å². The van der Waals surface area contributed by atoms with E-state index in [2.05, 4.69) is 29.8 Å². The van der Waals surface area contributed by atoms with Gasteiger partial charge in [-0.25, -0.2) is 38.4 Å². The highest BCUT2D eigenvalue weighted by molar-refractivity contribution is 5.87. The summed E-state index contributed by atoms with van der Waals surface area (Å²) in [6.07, 6.45) is 14.9. The average molecular weight is 1010 g/mol. The molecule has 72 heavy (non-hydrogen) atoms. The molecule has 2 saturated heterocycles. The number of carboxylic acids is 2. The zero-order valence-corrected chi connectivity index (χ0v) is 42.5. The molecule has 0 aromatic heterocycles. The molecular weight excluding hydrogens is 937 g/mol. The first-order valence-electron chi connectivity index (χ1n) is 24.0. The van der Waals surface area contributed by atoms with E-state index in [1.807, 2.05) is 38.0 Å². The molecule has 2 fully saturated rings. The van der Waals surface area contributed by atoms with Gasteiger partial charge in [0.25, 0.3) is 0 Å². The zero-order valence-electron chi connectivity index (χ0n) is 42.5. The third-order valence-corrected chi connectivity index (χ3v) is 12.7. The fraction of sp³-hybridized carbons (Fsp3) is 0.600. The van der Waals surface area contributed by atoms with Crippen LogP contribution in [0.3, 0.4) is 0 Å². The number of carbonyl (C=O) groups is 4. The number of carboxylic acid groups (broad SMARTS) is 2. The Kier molecular flexibility index (Phi) is 22.8. The summed E-state index contributed by atoms with van der Waals surface area (Å²) in [6.45, 7) is 8.75. The lowest BCUT2D eigenvalue weighted by molar-refractivity contribution is -0.144. The minimum atomic E-state index is -1.57. The summed E-state index contributed by atoms with van der Waals surface area (Å²) in [5.41, 5.74) is 1.61. The normalized spacial score (nSPS) is 15.6. The topological polar surface area (TPSA) is 298 Å². The molecule has 0 aliphatic carbocycles. The maximum atomic E-state index is 12.9. The number of rotatable bonds is 24. The number of hydrogen-bond acceptors (Lipinski definition) is 20. The number of aliphatic carboxylic acids is 2. The molecule has 0 amide bonds. The highest BCUT2D eigenvalue weighted by Crippen LogP contribution is 2.48. The van der Waals surface area contributed by atoms with Gasteiger partial charge in [0, 0.05) is 89.0 Å². The fourth-order valence-corrected chi connectivity index (χ4v) is 8.60. The van der Waals surface area contributed by atoms with Crippen molar-refractivity contribution in [1.82, 2.24) is 0 Å². The number of ether oxygens (including phenoxy) is 2. The van der Waals surface area contributed by atoms with Crippen LogP contribution in [-0.4, -0.2) is 146 Å². The van der Waals surface area contributed by atoms with Crippen molar-refractivity contribution >= 4 is 70.9 Å². The van der Waals surface area contributed by atoms with Crippen molar-refractivity contribution in [1.29, 1.82) is 0 Å². The lowest BCUT2D eigenvalue weighted by Crippen LogP contribution is -2.34. The second-order valence-electron chi connectivity index (χ2n) is 18.6. The number of nitrogens with zero attached hydrogens (tertiary/aromatic N) is 8. The van der Waals surface area contributed by atoms with Crippen molar-refractivity contribution in [2.24, 2.45) is 20.0 Å². The highest BCUT2D eigenvalue weighted by Gasteiger charge is 2.36. The van der Waals surface area contributed by atoms with Gasteiger partial charge in [0.15, 0.2) is 46.2 Å². The molecule has 2 aliphatic rings. The summed E-state index contributed by atoms with van der Waals surface area (Å²) in [4.78, 5) is 111. The monoisotopic (exact) mass is 1000 g/mol. The molecule has 4 atom stereocenters. The Hall–Kier alpha value is -7.36. The van der Waals surface area contributed by atoms with Crippen LogP contribution in [0.2, 0.25) is 0 Å². The van der Waals surface area contributed by atoms with E-state index in [9.17, 15) is 48.6 Å². The summed E-state index contributed by atoms with van der Waals surface area (Å²) in [5.74, 6) is -4.40. The summed E-state index contributed by atoms with van der Waals surface area (Å²) < 4.78 is 11.4. The predicted molar refractivity (Wildman–Crippen MR) is 267 cm³/mol. The van der Waals surface area contributed by atoms with Crippen molar-refractivity contribution in [3.05, 3.63) is 23.3 Å². The van der Waals surface area contributed by atoms with E-state index >= 15 is 0 Å². The Morgan fingerprint density at radius 2 is 0.931 bits per heavy atom. The molecule has 22 nitrogen and oxygen atoms in total. The SMILES string of the molecule is C[C@@](CCCC[C@](C)(N=C=O)C(=O)O)(N=C=O)C(=O)O.C[C@H](N=C=O)C(=O)Oc1c(O)cc(N2CCCCC2)c(CCCCc2c(N3CCCCC3)cc(O)c(OC(=O)[C@H](C)N=C=O)c2N(C)C)c1N(C)C. The zero-order chi connectivity index (χ0) is 53.8. The van der Waals surface area contributed by atoms with Crippen LogP contribution in [0.1, 0.15) is 116 Å². The molecule has 2 aromatic rings. The molecular formula is C50H68N8O14. The average Bonchev–Trinajstić information content (AvgIpc) is 3.33. The lowest BCUT2D eigenvalue weighted by Gasteiger charge is -2.34. The summed E-state index contributed by atoms with van der Waals surface area (Å²) >= 11 is 0. The van der Waals surface area contributed by atoms with Gasteiger partial charge in [-0.3, -0.25) is 0 Å². The number of isocyanates is 4. The van der Waals surface area contributed by atoms with Gasteiger partial charge in [0.2, 0.25) is 24.3 Å². The molecule has 4 N–H and O–H groups in total. The minimum Gasteiger partial charge on any atom is -0.504 e. The number of hydrogen-bond donors (Lipinski definition) is 4. The molecule has 2 heterocycles. The molecule has 2 aromatic carbocycles. The summed E-state index contributed by atoms with van der Waals surface area (Å²) in [6, 6.07) is 1.15. The van der Waals surface area contributed by atoms with Crippen molar-refractivity contribution in [2.75, 3.05) is 74.0 Å². The second-order valence-corrected chi connectivity index (χ2v) is 18.6. The Morgan fingerprint density at radius 3 is 1.21 bits per heavy atom. The molecule has 22 heteroatoms. The van der Waals surface area contributed by atoms with Crippen LogP contribution >= 0.6 is 0 Å². The largest absolute Gasteiger partial charge is 0.504 e. The molecule has 0 radical (unpaired) electrons. The smallest absolute Gasteiger partial charge is 0.337 e. The molecule has 0 bridgehead atoms. The molecule has 0 saturated carbocycles. The molecule has 0 spiro atoms. The highest BCUT2D eigenvalue weighted by atomic mass is 16.5. The number of esters is 2. The van der Waals surface area contributed by atoms with Gasteiger partial charge in [-0.1, -0.05) is 12.8 Å². The van der Waals surface area contributed by atoms with Gasteiger partial charge < -0.3 is 49.5 Å². The van der Waals surface area contributed by atoms with Crippen molar-refractivity contribution in [3.63, 3.8) is 0 Å². The Morgan fingerprint density at radius 1 is 0.597 bits per heavy atom. The van der Waals surface area contributed by atoms with Crippen molar-refractivity contribution in [3.8, 4) is 23.0 Å². The molecule has 392 valence electrons. The molecule has 2 aliphatic heterocycles. The maximum absolute atomic E-state index is 12.9. The number of anilines is 4. The Balaban J connectivity index is 0.000000576. The Bertz CT molecular complexity index is 2270. The summed E-state index contributed by atoms with van der Waals surface area (Å²) in [7, 11) is 7.32. The van der Waals surface area contributed by atoms with E-state index in [4.69, 9.17) is 19.7 Å². The van der Waals surface area contributed by atoms with Crippen LogP contribution in [0.4, 0.5) is 22.7 Å². The van der Waals surface area contributed by atoms with Gasteiger partial charge in [-0.05, 0) is 105 Å². The van der Waals surface area contributed by atoms with E-state index in [1.54, 1.807) is 12.1 Å². The van der Waals surface area contributed by atoms with Crippen LogP contribution in [0.25, 0.3) is 0 Å². The molecule has 4 rings (SSSR count). The van der Waals surface area contributed by atoms with E-state index in [0.29, 0.717) is 49.9 Å². The predicted octanol–water partition coefficient (Wildman–Crippen LogP) is 5.94. The maximum Gasteiger partial charge on any atom is 0.337 e. The van der Waals surface area contributed by atoms with Crippen LogP contribution in [0.15, 0.2) is 32.1 Å².